The van der Waals surface area contributed by atoms with E-state index in [-0.39, 0.29) is 6.04 Å². The fraction of sp³-hybridized carbons (Fsp3) is 0.571. The molecule has 0 radical (unpaired) electrons. The van der Waals surface area contributed by atoms with Gasteiger partial charge in [-0.3, -0.25) is 19.8 Å². The van der Waals surface area contributed by atoms with E-state index in [1.165, 1.54) is 0 Å². The summed E-state index contributed by atoms with van der Waals surface area (Å²) in [5.41, 5.74) is 0. The van der Waals surface area contributed by atoms with Crippen LogP contribution in [0.25, 0.3) is 0 Å². The molecule has 4 amide bonds. The van der Waals surface area contributed by atoms with E-state index in [9.17, 15) is 14.4 Å². The molecule has 70 valence electrons. The van der Waals surface area contributed by atoms with Gasteiger partial charge in [-0.15, -0.1) is 0 Å². The van der Waals surface area contributed by atoms with Crippen LogP contribution < -0.4 is 5.32 Å². The van der Waals surface area contributed by atoms with Gasteiger partial charge in [0.1, 0.15) is 0 Å². The summed E-state index contributed by atoms with van der Waals surface area (Å²) >= 11 is 0. The maximum Gasteiger partial charge on any atom is 0.331 e. The number of amides is 4. The van der Waals surface area contributed by atoms with E-state index >= 15 is 0 Å². The molecule has 0 saturated carbocycles. The Bertz CT molecular complexity index is 282. The van der Waals surface area contributed by atoms with Gasteiger partial charge < -0.3 is 4.74 Å². The molecule has 2 aliphatic rings. The summed E-state index contributed by atoms with van der Waals surface area (Å²) in [6.07, 6.45) is 0.604. The Hall–Kier alpha value is -1.43. The molecule has 0 bridgehead atoms. The number of hydrogen-bond acceptors (Lipinski definition) is 4. The lowest BCUT2D eigenvalue weighted by atomic mass is 10.2. The molecule has 0 aliphatic carbocycles. The zero-order valence-electron chi connectivity index (χ0n) is 6.78. The fourth-order valence-corrected chi connectivity index (χ4v) is 1.47. The Labute approximate surface area is 73.8 Å². The second-order valence-corrected chi connectivity index (χ2v) is 2.95. The van der Waals surface area contributed by atoms with Crippen LogP contribution in [0.2, 0.25) is 0 Å². The second-order valence-electron chi connectivity index (χ2n) is 2.95. The van der Waals surface area contributed by atoms with E-state index in [1.807, 2.05) is 5.32 Å². The minimum absolute atomic E-state index is 0.279. The van der Waals surface area contributed by atoms with Crippen LogP contribution in [0.5, 0.6) is 0 Å². The first kappa shape index (κ1) is 8.18. The summed E-state index contributed by atoms with van der Waals surface area (Å²) in [5.74, 6) is -1.63. The van der Waals surface area contributed by atoms with Gasteiger partial charge in [-0.05, 0) is 6.42 Å². The molecule has 0 aromatic rings. The molecule has 6 heteroatoms. The van der Waals surface area contributed by atoms with E-state index in [0.717, 1.165) is 4.90 Å². The summed E-state index contributed by atoms with van der Waals surface area (Å²) in [6, 6.07) is -0.913. The molecule has 13 heavy (non-hydrogen) atoms. The predicted octanol–water partition coefficient (Wildman–Crippen LogP) is -1.15. The van der Waals surface area contributed by atoms with Gasteiger partial charge >= 0.3 is 17.8 Å². The molecular weight excluding hydrogens is 176 g/mol. The molecule has 1 N–H and O–H groups in total. The van der Waals surface area contributed by atoms with Crippen LogP contribution in [-0.2, 0) is 14.3 Å². The van der Waals surface area contributed by atoms with E-state index in [0.29, 0.717) is 19.6 Å². The first-order valence-electron chi connectivity index (χ1n) is 3.96. The van der Waals surface area contributed by atoms with Gasteiger partial charge in [0.25, 0.3) is 0 Å². The topological polar surface area (TPSA) is 75.7 Å². The molecule has 6 nitrogen and oxygen atoms in total. The number of nitrogens with one attached hydrogen (secondary N) is 1. The van der Waals surface area contributed by atoms with Crippen molar-refractivity contribution in [3.63, 3.8) is 0 Å². The Morgan fingerprint density at radius 1 is 1.38 bits per heavy atom. The number of imide groups is 2. The molecule has 2 heterocycles. The Morgan fingerprint density at radius 3 is 2.62 bits per heavy atom. The molecule has 2 rings (SSSR count). The fourth-order valence-electron chi connectivity index (χ4n) is 1.47. The average Bonchev–Trinajstić information content (AvgIpc) is 2.63. The van der Waals surface area contributed by atoms with E-state index < -0.39 is 17.8 Å². The van der Waals surface area contributed by atoms with Crippen molar-refractivity contribution in [2.24, 2.45) is 0 Å². The largest absolute Gasteiger partial charge is 0.379 e. The monoisotopic (exact) mass is 184 g/mol. The summed E-state index contributed by atoms with van der Waals surface area (Å²) in [5, 5.41) is 1.94. The third-order valence-electron chi connectivity index (χ3n) is 2.12. The van der Waals surface area contributed by atoms with E-state index in [4.69, 9.17) is 4.74 Å². The van der Waals surface area contributed by atoms with Crippen molar-refractivity contribution in [3.05, 3.63) is 0 Å². The lowest BCUT2D eigenvalue weighted by Gasteiger charge is -2.17. The third-order valence-corrected chi connectivity index (χ3v) is 2.12. The molecule has 1 atom stereocenters. The van der Waals surface area contributed by atoms with Gasteiger partial charge in [-0.1, -0.05) is 0 Å². The maximum atomic E-state index is 11.1. The van der Waals surface area contributed by atoms with Crippen molar-refractivity contribution < 1.29 is 19.1 Å². The van der Waals surface area contributed by atoms with Gasteiger partial charge in [0, 0.05) is 6.61 Å². The van der Waals surface area contributed by atoms with Crippen molar-refractivity contribution in [3.8, 4) is 0 Å². The summed E-state index contributed by atoms with van der Waals surface area (Å²) < 4.78 is 5.02. The second kappa shape index (κ2) is 2.81. The number of carbonyl (C=O) groups is 3. The lowest BCUT2D eigenvalue weighted by molar-refractivity contribution is -0.141. The van der Waals surface area contributed by atoms with Crippen LogP contribution in [0.3, 0.4) is 0 Å². The van der Waals surface area contributed by atoms with Crippen LogP contribution in [0, 0.1) is 0 Å². The first-order valence-corrected chi connectivity index (χ1v) is 3.96. The van der Waals surface area contributed by atoms with Crippen LogP contribution in [0.15, 0.2) is 0 Å². The Balaban J connectivity index is 2.17. The van der Waals surface area contributed by atoms with E-state index in [2.05, 4.69) is 0 Å². The number of carbonyl (C=O) groups excluding carboxylic acids is 3. The lowest BCUT2D eigenvalue weighted by Crippen LogP contribution is -2.41. The minimum atomic E-state index is -0.850. The minimum Gasteiger partial charge on any atom is -0.379 e. The highest BCUT2D eigenvalue weighted by Gasteiger charge is 2.42. The molecular formula is C7H8N2O4. The molecule has 2 aliphatic heterocycles. The van der Waals surface area contributed by atoms with Crippen molar-refractivity contribution in [1.29, 1.82) is 0 Å². The van der Waals surface area contributed by atoms with Crippen molar-refractivity contribution in [2.45, 2.75) is 12.5 Å². The SMILES string of the molecule is O=C1NC(=O)N(C2CCOC2)C1=O. The average molecular weight is 184 g/mol. The molecule has 0 spiro atoms. The highest BCUT2D eigenvalue weighted by atomic mass is 16.5. The van der Waals surface area contributed by atoms with Crippen molar-refractivity contribution in [1.82, 2.24) is 10.2 Å². The van der Waals surface area contributed by atoms with Gasteiger partial charge in [0.15, 0.2) is 0 Å². The van der Waals surface area contributed by atoms with Crippen LogP contribution in [0.4, 0.5) is 4.79 Å². The molecule has 1 unspecified atom stereocenters. The summed E-state index contributed by atoms with van der Waals surface area (Å²) in [4.78, 5) is 34.0. The quantitative estimate of drug-likeness (QED) is 0.412. The number of hydrogen-bond donors (Lipinski definition) is 1. The number of urea groups is 1. The smallest absolute Gasteiger partial charge is 0.331 e. The Morgan fingerprint density at radius 2 is 2.15 bits per heavy atom. The highest BCUT2D eigenvalue weighted by molar-refractivity contribution is 6.44. The molecule has 0 aromatic heterocycles. The van der Waals surface area contributed by atoms with Crippen molar-refractivity contribution >= 4 is 17.8 Å². The first-order chi connectivity index (χ1) is 6.20. The Kier molecular flexibility index (Phi) is 1.77. The van der Waals surface area contributed by atoms with Gasteiger partial charge in [-0.25, -0.2) is 4.79 Å². The normalized spacial score (nSPS) is 28.5. The van der Waals surface area contributed by atoms with Crippen LogP contribution >= 0.6 is 0 Å². The van der Waals surface area contributed by atoms with Gasteiger partial charge in [0.05, 0.1) is 12.6 Å². The van der Waals surface area contributed by atoms with Crippen molar-refractivity contribution in [2.75, 3.05) is 13.2 Å². The highest BCUT2D eigenvalue weighted by Crippen LogP contribution is 2.15. The number of rotatable bonds is 1. The maximum absolute atomic E-state index is 11.1. The van der Waals surface area contributed by atoms with Crippen LogP contribution in [0.1, 0.15) is 6.42 Å². The zero-order valence-corrected chi connectivity index (χ0v) is 6.78. The third kappa shape index (κ3) is 1.19. The van der Waals surface area contributed by atoms with E-state index in [1.54, 1.807) is 0 Å². The molecule has 0 aromatic carbocycles. The number of ether oxygens (including phenoxy) is 1. The standard InChI is InChI=1S/C7H8N2O4/c10-5-6(11)9(7(12)8-5)4-1-2-13-3-4/h4H,1-3H2,(H,8,10,12). The van der Waals surface area contributed by atoms with Crippen LogP contribution in [-0.4, -0.2) is 42.0 Å². The predicted molar refractivity (Wildman–Crippen MR) is 39.6 cm³/mol. The summed E-state index contributed by atoms with van der Waals surface area (Å²) in [7, 11) is 0. The van der Waals surface area contributed by atoms with Gasteiger partial charge in [-0.2, -0.15) is 0 Å². The number of nitrogens with zero attached hydrogens (tertiary/aromatic N) is 1. The molecule has 2 saturated heterocycles. The molecule has 2 fully saturated rings. The van der Waals surface area contributed by atoms with Gasteiger partial charge in [0.2, 0.25) is 0 Å². The zero-order chi connectivity index (χ0) is 9.42. The summed E-state index contributed by atoms with van der Waals surface area (Å²) in [6.45, 7) is 0.850.